The van der Waals surface area contributed by atoms with Gasteiger partial charge >= 0.3 is 6.36 Å². The third kappa shape index (κ3) is 7.37. The summed E-state index contributed by atoms with van der Waals surface area (Å²) in [5, 5.41) is 12.2. The molecular weight excluding hydrogens is 501 g/mol. The molecular formula is C26H23F3N6OS. The van der Waals surface area contributed by atoms with Gasteiger partial charge in [-0.1, -0.05) is 54.1 Å². The Labute approximate surface area is 217 Å². The topological polar surface area (TPSA) is 76.4 Å². The molecule has 1 heterocycles. The van der Waals surface area contributed by atoms with Gasteiger partial charge in [0.25, 0.3) is 0 Å². The molecule has 0 saturated heterocycles. The van der Waals surface area contributed by atoms with Crippen molar-refractivity contribution in [3.8, 4) is 22.8 Å². The minimum Gasteiger partial charge on any atom is -0.406 e. The van der Waals surface area contributed by atoms with Crippen LogP contribution in [0.3, 0.4) is 0 Å². The molecule has 0 aliphatic carbocycles. The maximum absolute atomic E-state index is 12.3. The van der Waals surface area contributed by atoms with Crippen LogP contribution in [0.25, 0.3) is 17.1 Å². The van der Waals surface area contributed by atoms with Crippen LogP contribution in [0, 0.1) is 6.92 Å². The number of nitrogens with zero attached hydrogens (tertiary/aromatic N) is 4. The van der Waals surface area contributed by atoms with E-state index < -0.39 is 6.36 Å². The number of ether oxygens (including phenoxy) is 1. The third-order valence-corrected chi connectivity index (χ3v) is 5.51. The van der Waals surface area contributed by atoms with E-state index in [9.17, 15) is 13.2 Å². The summed E-state index contributed by atoms with van der Waals surface area (Å²) >= 11 is 5.32. The third-order valence-electron chi connectivity index (χ3n) is 5.30. The van der Waals surface area contributed by atoms with Crippen LogP contribution in [0.4, 0.5) is 13.2 Å². The molecule has 0 aliphatic heterocycles. The van der Waals surface area contributed by atoms with Crippen molar-refractivity contribution < 1.29 is 17.9 Å². The Balaban J connectivity index is 1.32. The number of benzene rings is 3. The fourth-order valence-electron chi connectivity index (χ4n) is 3.37. The number of hydrogen-bond donors (Lipinski definition) is 2. The predicted molar refractivity (Wildman–Crippen MR) is 140 cm³/mol. The Kier molecular flexibility index (Phi) is 7.83. The first-order valence-corrected chi connectivity index (χ1v) is 11.6. The van der Waals surface area contributed by atoms with Crippen molar-refractivity contribution in [2.24, 2.45) is 5.10 Å². The summed E-state index contributed by atoms with van der Waals surface area (Å²) in [5.41, 5.74) is 7.29. The molecule has 0 amide bonds. The van der Waals surface area contributed by atoms with Crippen molar-refractivity contribution in [3.63, 3.8) is 0 Å². The van der Waals surface area contributed by atoms with Gasteiger partial charge in [0.15, 0.2) is 10.9 Å². The minimum atomic E-state index is -4.74. The highest BCUT2D eigenvalue weighted by atomic mass is 32.1. The molecule has 0 bridgehead atoms. The van der Waals surface area contributed by atoms with E-state index in [1.807, 2.05) is 38.1 Å². The van der Waals surface area contributed by atoms with E-state index in [2.05, 4.69) is 54.9 Å². The molecule has 3 aromatic carbocycles. The van der Waals surface area contributed by atoms with Crippen LogP contribution in [0.5, 0.6) is 5.75 Å². The number of thiocarbonyl (C=S) groups is 1. The molecule has 1 aromatic heterocycles. The maximum atomic E-state index is 12.3. The van der Waals surface area contributed by atoms with Gasteiger partial charge in [-0.15, -0.1) is 18.3 Å². The number of rotatable bonds is 7. The number of nitrogens with one attached hydrogen (secondary N) is 2. The zero-order chi connectivity index (χ0) is 26.4. The molecule has 7 nitrogen and oxygen atoms in total. The molecule has 190 valence electrons. The Morgan fingerprint density at radius 1 is 1.03 bits per heavy atom. The summed E-state index contributed by atoms with van der Waals surface area (Å²) in [5.74, 6) is 0.161. The molecule has 2 N–H and O–H groups in total. The molecule has 1 atom stereocenters. The quantitative estimate of drug-likeness (QED) is 0.184. The van der Waals surface area contributed by atoms with Gasteiger partial charge in [0.1, 0.15) is 12.1 Å². The normalized spacial score (nSPS) is 12.4. The van der Waals surface area contributed by atoms with E-state index in [4.69, 9.17) is 12.2 Å². The predicted octanol–water partition coefficient (Wildman–Crippen LogP) is 5.70. The van der Waals surface area contributed by atoms with Crippen molar-refractivity contribution in [2.45, 2.75) is 26.3 Å². The number of hydrazone groups is 1. The van der Waals surface area contributed by atoms with Crippen LogP contribution in [-0.2, 0) is 0 Å². The van der Waals surface area contributed by atoms with E-state index in [0.29, 0.717) is 16.6 Å². The lowest BCUT2D eigenvalue weighted by molar-refractivity contribution is -0.274. The van der Waals surface area contributed by atoms with Crippen molar-refractivity contribution in [3.05, 3.63) is 95.8 Å². The first-order chi connectivity index (χ1) is 17.7. The molecule has 0 saturated carbocycles. The van der Waals surface area contributed by atoms with Gasteiger partial charge in [0.05, 0.1) is 17.9 Å². The molecule has 11 heteroatoms. The van der Waals surface area contributed by atoms with Crippen LogP contribution in [0.1, 0.15) is 29.7 Å². The zero-order valence-electron chi connectivity index (χ0n) is 19.9. The monoisotopic (exact) mass is 524 g/mol. The van der Waals surface area contributed by atoms with Crippen LogP contribution in [0.15, 0.2) is 84.2 Å². The highest BCUT2D eigenvalue weighted by Crippen LogP contribution is 2.24. The largest absolute Gasteiger partial charge is 0.573 e. The second kappa shape index (κ2) is 11.2. The van der Waals surface area contributed by atoms with Crippen molar-refractivity contribution in [1.82, 2.24) is 25.5 Å². The van der Waals surface area contributed by atoms with Gasteiger partial charge in [-0.2, -0.15) is 5.10 Å². The highest BCUT2D eigenvalue weighted by molar-refractivity contribution is 7.80. The van der Waals surface area contributed by atoms with Crippen LogP contribution in [-0.4, -0.2) is 32.5 Å². The lowest BCUT2D eigenvalue weighted by Gasteiger charge is -2.15. The molecule has 0 spiro atoms. The van der Waals surface area contributed by atoms with Gasteiger partial charge in [0, 0.05) is 5.56 Å². The number of aromatic nitrogens is 3. The summed E-state index contributed by atoms with van der Waals surface area (Å²) in [6, 6.07) is 21.0. The second-order valence-electron chi connectivity index (χ2n) is 8.15. The van der Waals surface area contributed by atoms with Crippen molar-refractivity contribution in [2.75, 3.05) is 0 Å². The number of aryl methyl sites for hydroxylation is 1. The molecule has 0 radical (unpaired) electrons. The number of halogens is 3. The molecule has 1 unspecified atom stereocenters. The number of alkyl halides is 3. The first kappa shape index (κ1) is 25.8. The smallest absolute Gasteiger partial charge is 0.406 e. The Morgan fingerprint density at radius 3 is 2.35 bits per heavy atom. The Morgan fingerprint density at radius 2 is 1.70 bits per heavy atom. The summed E-state index contributed by atoms with van der Waals surface area (Å²) in [7, 11) is 0. The van der Waals surface area contributed by atoms with E-state index in [-0.39, 0.29) is 11.8 Å². The standard InChI is InChI=1S/C26H23F3N6OS/c1-17-3-7-20(8-4-17)18(2)32-25(37)33-31-15-19-5-9-21(10-6-19)24-30-16-35(34-24)22-11-13-23(14-12-22)36-26(27,28)29/h3-16,18H,1-2H3,(H2,32,33,37). The van der Waals surface area contributed by atoms with Gasteiger partial charge in [-0.05, 0) is 61.5 Å². The second-order valence-corrected chi connectivity index (χ2v) is 8.56. The SMILES string of the molecule is Cc1ccc(C(C)NC(=S)NN=Cc2ccc(-c3ncn(-c4ccc(OC(F)(F)F)cc4)n3)cc2)cc1. The maximum Gasteiger partial charge on any atom is 0.573 e. The van der Waals surface area contributed by atoms with Gasteiger partial charge in [-0.3, -0.25) is 5.43 Å². The van der Waals surface area contributed by atoms with E-state index in [1.54, 1.807) is 6.21 Å². The zero-order valence-corrected chi connectivity index (χ0v) is 20.7. The average molecular weight is 525 g/mol. The minimum absolute atomic E-state index is 0.0357. The Bertz CT molecular complexity index is 1370. The fourth-order valence-corrected chi connectivity index (χ4v) is 3.60. The van der Waals surface area contributed by atoms with Crippen LogP contribution >= 0.6 is 12.2 Å². The lowest BCUT2D eigenvalue weighted by atomic mass is 10.1. The van der Waals surface area contributed by atoms with E-state index in [1.165, 1.54) is 40.8 Å². The summed E-state index contributed by atoms with van der Waals surface area (Å²) in [4.78, 5) is 4.29. The summed E-state index contributed by atoms with van der Waals surface area (Å²) in [6.45, 7) is 4.06. The summed E-state index contributed by atoms with van der Waals surface area (Å²) < 4.78 is 42.4. The van der Waals surface area contributed by atoms with Gasteiger partial charge in [-0.25, -0.2) is 9.67 Å². The fraction of sp³-hybridized carbons (Fsp3) is 0.154. The highest BCUT2D eigenvalue weighted by Gasteiger charge is 2.31. The van der Waals surface area contributed by atoms with Gasteiger partial charge < -0.3 is 10.1 Å². The number of hydrogen-bond acceptors (Lipinski definition) is 5. The molecule has 0 aliphatic rings. The molecule has 37 heavy (non-hydrogen) atoms. The van der Waals surface area contributed by atoms with E-state index in [0.717, 1.165) is 16.7 Å². The van der Waals surface area contributed by atoms with Crippen LogP contribution in [0.2, 0.25) is 0 Å². The van der Waals surface area contributed by atoms with Crippen LogP contribution < -0.4 is 15.5 Å². The van der Waals surface area contributed by atoms with Gasteiger partial charge in [0.2, 0.25) is 0 Å². The Hall–Kier alpha value is -4.25. The molecule has 4 rings (SSSR count). The van der Waals surface area contributed by atoms with Crippen molar-refractivity contribution in [1.29, 1.82) is 0 Å². The average Bonchev–Trinajstić information content (AvgIpc) is 3.35. The van der Waals surface area contributed by atoms with E-state index >= 15 is 0 Å². The first-order valence-electron chi connectivity index (χ1n) is 11.2. The molecule has 0 fully saturated rings. The lowest BCUT2D eigenvalue weighted by Crippen LogP contribution is -2.34. The molecule has 4 aromatic rings. The van der Waals surface area contributed by atoms with Crippen molar-refractivity contribution >= 4 is 23.5 Å². The summed E-state index contributed by atoms with van der Waals surface area (Å²) in [6.07, 6.45) is -1.61.